The van der Waals surface area contributed by atoms with Gasteiger partial charge in [0.25, 0.3) is 0 Å². The van der Waals surface area contributed by atoms with Gasteiger partial charge in [0.1, 0.15) is 5.75 Å². The maximum atomic E-state index is 12.3. The van der Waals surface area contributed by atoms with Crippen molar-refractivity contribution in [2.24, 2.45) is 5.92 Å². The van der Waals surface area contributed by atoms with Gasteiger partial charge >= 0.3 is 0 Å². The number of nitrogens with zero attached hydrogens (tertiary/aromatic N) is 1. The van der Waals surface area contributed by atoms with E-state index in [-0.39, 0.29) is 30.3 Å². The SMILES string of the molecule is COc1ccc(N2C[C@H](C(=O)NC[C@@H]3CCCO3)CC2=O)cc1. The summed E-state index contributed by atoms with van der Waals surface area (Å²) in [6.07, 6.45) is 2.41. The first-order valence-corrected chi connectivity index (χ1v) is 8.01. The number of hydrogen-bond acceptors (Lipinski definition) is 4. The van der Waals surface area contributed by atoms with Crippen molar-refractivity contribution in [3.63, 3.8) is 0 Å². The van der Waals surface area contributed by atoms with Crippen LogP contribution in [0, 0.1) is 5.92 Å². The quantitative estimate of drug-likeness (QED) is 0.890. The Morgan fingerprint density at radius 3 is 2.83 bits per heavy atom. The maximum absolute atomic E-state index is 12.3. The molecule has 1 aromatic rings. The smallest absolute Gasteiger partial charge is 0.227 e. The van der Waals surface area contributed by atoms with Crippen LogP contribution in [0.2, 0.25) is 0 Å². The zero-order chi connectivity index (χ0) is 16.2. The van der Waals surface area contributed by atoms with Gasteiger partial charge in [-0.2, -0.15) is 0 Å². The van der Waals surface area contributed by atoms with E-state index in [1.807, 2.05) is 24.3 Å². The Morgan fingerprint density at radius 1 is 1.39 bits per heavy atom. The highest BCUT2D eigenvalue weighted by atomic mass is 16.5. The van der Waals surface area contributed by atoms with Crippen LogP contribution in [0.25, 0.3) is 0 Å². The van der Waals surface area contributed by atoms with Gasteiger partial charge in [0.2, 0.25) is 11.8 Å². The molecule has 2 heterocycles. The molecular formula is C17H22N2O4. The van der Waals surface area contributed by atoms with Gasteiger partial charge in [0.05, 0.1) is 19.1 Å². The number of nitrogens with one attached hydrogen (secondary N) is 1. The first-order chi connectivity index (χ1) is 11.2. The van der Waals surface area contributed by atoms with Crippen molar-refractivity contribution < 1.29 is 19.1 Å². The molecule has 3 rings (SSSR count). The van der Waals surface area contributed by atoms with E-state index in [1.54, 1.807) is 12.0 Å². The lowest BCUT2D eigenvalue weighted by Gasteiger charge is -2.17. The molecular weight excluding hydrogens is 296 g/mol. The van der Waals surface area contributed by atoms with E-state index in [1.165, 1.54) is 0 Å². The summed E-state index contributed by atoms with van der Waals surface area (Å²) in [6, 6.07) is 7.30. The monoisotopic (exact) mass is 318 g/mol. The molecule has 6 nitrogen and oxygen atoms in total. The summed E-state index contributed by atoms with van der Waals surface area (Å²) >= 11 is 0. The number of anilines is 1. The van der Waals surface area contributed by atoms with Gasteiger partial charge < -0.3 is 19.7 Å². The van der Waals surface area contributed by atoms with Gasteiger partial charge in [0.15, 0.2) is 0 Å². The Morgan fingerprint density at radius 2 is 2.17 bits per heavy atom. The molecule has 0 radical (unpaired) electrons. The highest BCUT2D eigenvalue weighted by molar-refractivity contribution is 6.00. The molecule has 1 aromatic carbocycles. The predicted molar refractivity (Wildman–Crippen MR) is 85.4 cm³/mol. The fourth-order valence-electron chi connectivity index (χ4n) is 3.06. The minimum absolute atomic E-state index is 0.0209. The molecule has 23 heavy (non-hydrogen) atoms. The van der Waals surface area contributed by atoms with Crippen LogP contribution in [0.3, 0.4) is 0 Å². The Hall–Kier alpha value is -2.08. The molecule has 0 aromatic heterocycles. The summed E-state index contributed by atoms with van der Waals surface area (Å²) in [5.74, 6) is 0.356. The zero-order valence-electron chi connectivity index (χ0n) is 13.3. The number of hydrogen-bond donors (Lipinski definition) is 1. The number of rotatable bonds is 5. The minimum atomic E-state index is -0.300. The van der Waals surface area contributed by atoms with Crippen LogP contribution in [-0.2, 0) is 14.3 Å². The third-order valence-electron chi connectivity index (χ3n) is 4.41. The van der Waals surface area contributed by atoms with Crippen LogP contribution in [0.4, 0.5) is 5.69 Å². The predicted octanol–water partition coefficient (Wildman–Crippen LogP) is 1.34. The molecule has 124 valence electrons. The number of carbonyl (C=O) groups excluding carboxylic acids is 2. The largest absolute Gasteiger partial charge is 0.497 e. The lowest BCUT2D eigenvalue weighted by molar-refractivity contribution is -0.126. The van der Waals surface area contributed by atoms with E-state index in [0.717, 1.165) is 30.9 Å². The van der Waals surface area contributed by atoms with Crippen molar-refractivity contribution in [3.05, 3.63) is 24.3 Å². The number of methoxy groups -OCH3 is 1. The third kappa shape index (κ3) is 3.64. The van der Waals surface area contributed by atoms with Gasteiger partial charge in [-0.05, 0) is 37.1 Å². The molecule has 2 fully saturated rings. The molecule has 2 atom stereocenters. The van der Waals surface area contributed by atoms with Crippen molar-refractivity contribution in [1.82, 2.24) is 5.32 Å². The third-order valence-corrected chi connectivity index (χ3v) is 4.41. The molecule has 2 aliphatic rings. The average molecular weight is 318 g/mol. The van der Waals surface area contributed by atoms with Crippen molar-refractivity contribution >= 4 is 17.5 Å². The Balaban J connectivity index is 1.56. The number of ether oxygens (including phenoxy) is 2. The van der Waals surface area contributed by atoms with Gasteiger partial charge in [-0.3, -0.25) is 9.59 Å². The fraction of sp³-hybridized carbons (Fsp3) is 0.529. The lowest BCUT2D eigenvalue weighted by Crippen LogP contribution is -2.37. The standard InChI is InChI=1S/C17H22N2O4/c1-22-14-6-4-13(5-7-14)19-11-12(9-16(19)20)17(21)18-10-15-3-2-8-23-15/h4-7,12,15H,2-3,8-11H2,1H3,(H,18,21)/t12-,15+/m1/s1. The van der Waals surface area contributed by atoms with Gasteiger partial charge in [0, 0.05) is 31.8 Å². The molecule has 0 aliphatic carbocycles. The van der Waals surface area contributed by atoms with E-state index in [2.05, 4.69) is 5.32 Å². The molecule has 0 saturated carbocycles. The zero-order valence-corrected chi connectivity index (χ0v) is 13.3. The summed E-state index contributed by atoms with van der Waals surface area (Å²) in [5.41, 5.74) is 0.797. The van der Waals surface area contributed by atoms with Crippen molar-refractivity contribution in [3.8, 4) is 5.75 Å². The van der Waals surface area contributed by atoms with E-state index in [4.69, 9.17) is 9.47 Å². The Kier molecular flexibility index (Phi) is 4.81. The highest BCUT2D eigenvalue weighted by Crippen LogP contribution is 2.27. The molecule has 1 N–H and O–H groups in total. The summed E-state index contributed by atoms with van der Waals surface area (Å²) in [5, 5.41) is 2.91. The van der Waals surface area contributed by atoms with E-state index in [9.17, 15) is 9.59 Å². The van der Waals surface area contributed by atoms with Crippen molar-refractivity contribution in [2.75, 3.05) is 31.7 Å². The van der Waals surface area contributed by atoms with Crippen LogP contribution in [-0.4, -0.2) is 44.7 Å². The van der Waals surface area contributed by atoms with Crippen molar-refractivity contribution in [2.45, 2.75) is 25.4 Å². The van der Waals surface area contributed by atoms with E-state index >= 15 is 0 Å². The number of carbonyl (C=O) groups is 2. The Labute approximate surface area is 135 Å². The second-order valence-electron chi connectivity index (χ2n) is 5.98. The summed E-state index contributed by atoms with van der Waals surface area (Å²) < 4.78 is 10.6. The van der Waals surface area contributed by atoms with Crippen molar-refractivity contribution in [1.29, 1.82) is 0 Å². The molecule has 2 aliphatic heterocycles. The fourth-order valence-corrected chi connectivity index (χ4v) is 3.06. The molecule has 6 heteroatoms. The van der Waals surface area contributed by atoms with Gasteiger partial charge in [-0.25, -0.2) is 0 Å². The topological polar surface area (TPSA) is 67.9 Å². The van der Waals surface area contributed by atoms with E-state index in [0.29, 0.717) is 13.1 Å². The van der Waals surface area contributed by atoms with Crippen LogP contribution >= 0.6 is 0 Å². The van der Waals surface area contributed by atoms with E-state index < -0.39 is 0 Å². The lowest BCUT2D eigenvalue weighted by atomic mass is 10.1. The molecule has 0 unspecified atom stereocenters. The number of benzene rings is 1. The van der Waals surface area contributed by atoms with Crippen LogP contribution in [0.1, 0.15) is 19.3 Å². The van der Waals surface area contributed by atoms with Gasteiger partial charge in [-0.1, -0.05) is 0 Å². The second-order valence-corrected chi connectivity index (χ2v) is 5.98. The second kappa shape index (κ2) is 7.00. The first kappa shape index (κ1) is 15.8. The molecule has 2 saturated heterocycles. The maximum Gasteiger partial charge on any atom is 0.227 e. The molecule has 0 spiro atoms. The number of amides is 2. The van der Waals surface area contributed by atoms with Gasteiger partial charge in [-0.15, -0.1) is 0 Å². The van der Waals surface area contributed by atoms with Crippen LogP contribution in [0.5, 0.6) is 5.75 Å². The first-order valence-electron chi connectivity index (χ1n) is 8.01. The van der Waals surface area contributed by atoms with Crippen LogP contribution in [0.15, 0.2) is 24.3 Å². The summed E-state index contributed by atoms with van der Waals surface area (Å²) in [7, 11) is 1.60. The molecule has 0 bridgehead atoms. The van der Waals surface area contributed by atoms with Crippen LogP contribution < -0.4 is 15.0 Å². The Bertz CT molecular complexity index is 566. The minimum Gasteiger partial charge on any atom is -0.497 e. The summed E-state index contributed by atoms with van der Waals surface area (Å²) in [6.45, 7) is 1.72. The average Bonchev–Trinajstić information content (AvgIpc) is 3.22. The normalized spacial score (nSPS) is 24.0. The highest BCUT2D eigenvalue weighted by Gasteiger charge is 2.35. The molecule has 2 amide bonds. The summed E-state index contributed by atoms with van der Waals surface area (Å²) in [4.78, 5) is 26.1.